The van der Waals surface area contributed by atoms with E-state index in [-0.39, 0.29) is 0 Å². The van der Waals surface area contributed by atoms with Crippen molar-refractivity contribution >= 4 is 5.69 Å². The summed E-state index contributed by atoms with van der Waals surface area (Å²) < 4.78 is 0. The van der Waals surface area contributed by atoms with Crippen LogP contribution in [0.3, 0.4) is 0 Å². The predicted octanol–water partition coefficient (Wildman–Crippen LogP) is 5.12. The highest BCUT2D eigenvalue weighted by atomic mass is 15.3. The molecule has 2 saturated heterocycles. The van der Waals surface area contributed by atoms with Gasteiger partial charge >= 0.3 is 0 Å². The number of anilines is 1. The highest BCUT2D eigenvalue weighted by Gasteiger charge is 2.38. The van der Waals surface area contributed by atoms with Gasteiger partial charge in [0.15, 0.2) is 0 Å². The van der Waals surface area contributed by atoms with Crippen LogP contribution in [0.4, 0.5) is 5.69 Å². The molecule has 3 aliphatic heterocycles. The molecule has 3 heteroatoms. The molecule has 2 fully saturated rings. The van der Waals surface area contributed by atoms with Crippen molar-refractivity contribution in [2.45, 2.75) is 37.9 Å². The molecule has 0 N–H and O–H groups in total. The van der Waals surface area contributed by atoms with E-state index in [0.29, 0.717) is 12.1 Å². The van der Waals surface area contributed by atoms with Crippen LogP contribution in [0.1, 0.15) is 41.1 Å². The first kappa shape index (κ1) is 20.0. The van der Waals surface area contributed by atoms with E-state index in [1.165, 1.54) is 55.7 Å². The van der Waals surface area contributed by atoms with Crippen LogP contribution >= 0.6 is 0 Å². The second-order valence-electron chi connectivity index (χ2n) is 9.70. The highest BCUT2D eigenvalue weighted by molar-refractivity contribution is 5.52. The third kappa shape index (κ3) is 3.85. The van der Waals surface area contributed by atoms with Crippen LogP contribution in [-0.4, -0.2) is 48.6 Å². The molecule has 3 aliphatic rings. The van der Waals surface area contributed by atoms with Gasteiger partial charge in [-0.3, -0.25) is 9.80 Å². The quantitative estimate of drug-likeness (QED) is 0.564. The van der Waals surface area contributed by atoms with Gasteiger partial charge in [0.2, 0.25) is 0 Å². The molecule has 32 heavy (non-hydrogen) atoms. The summed E-state index contributed by atoms with van der Waals surface area (Å²) >= 11 is 0. The first-order valence-electron chi connectivity index (χ1n) is 12.3. The van der Waals surface area contributed by atoms with Crippen molar-refractivity contribution < 1.29 is 0 Å². The van der Waals surface area contributed by atoms with Gasteiger partial charge < -0.3 is 4.90 Å². The van der Waals surface area contributed by atoms with Gasteiger partial charge in [-0.1, -0.05) is 66.7 Å². The van der Waals surface area contributed by atoms with Gasteiger partial charge in [-0.15, -0.1) is 0 Å². The normalized spacial score (nSPS) is 19.8. The monoisotopic (exact) mass is 423 g/mol. The van der Waals surface area contributed by atoms with Crippen molar-refractivity contribution in [3.05, 3.63) is 101 Å². The maximum absolute atomic E-state index is 2.72. The molecule has 0 aliphatic carbocycles. The molecule has 0 atom stereocenters. The van der Waals surface area contributed by atoms with E-state index < -0.39 is 0 Å². The minimum atomic E-state index is 0.355. The summed E-state index contributed by atoms with van der Waals surface area (Å²) in [7, 11) is 0. The molecule has 0 bridgehead atoms. The predicted molar refractivity (Wildman–Crippen MR) is 132 cm³/mol. The lowest BCUT2D eigenvalue weighted by Crippen LogP contribution is -2.60. The van der Waals surface area contributed by atoms with Gasteiger partial charge in [0.1, 0.15) is 0 Å². The van der Waals surface area contributed by atoms with Gasteiger partial charge in [-0.25, -0.2) is 0 Å². The van der Waals surface area contributed by atoms with E-state index in [2.05, 4.69) is 93.6 Å². The van der Waals surface area contributed by atoms with Crippen molar-refractivity contribution in [1.82, 2.24) is 9.80 Å². The Morgan fingerprint density at radius 3 is 2.00 bits per heavy atom. The van der Waals surface area contributed by atoms with E-state index in [1.54, 1.807) is 11.1 Å². The third-order valence-electron chi connectivity index (χ3n) is 7.71. The molecule has 3 heterocycles. The Hall–Kier alpha value is -2.62. The molecule has 3 aromatic rings. The number of fused-ring (bicyclic) bond motifs is 1. The summed E-state index contributed by atoms with van der Waals surface area (Å²) in [6.45, 7) is 7.05. The molecule has 164 valence electrons. The van der Waals surface area contributed by atoms with Crippen molar-refractivity contribution in [1.29, 1.82) is 0 Å². The Bertz CT molecular complexity index is 997. The lowest BCUT2D eigenvalue weighted by Gasteiger charge is -2.50. The third-order valence-corrected chi connectivity index (χ3v) is 7.71. The van der Waals surface area contributed by atoms with E-state index in [9.17, 15) is 0 Å². The summed E-state index contributed by atoms with van der Waals surface area (Å²) in [4.78, 5) is 7.94. The molecule has 0 unspecified atom stereocenters. The molecular weight excluding hydrogens is 390 g/mol. The summed E-state index contributed by atoms with van der Waals surface area (Å²) in [6.07, 6.45) is 3.88. The zero-order chi connectivity index (χ0) is 21.3. The van der Waals surface area contributed by atoms with E-state index in [4.69, 9.17) is 0 Å². The summed E-state index contributed by atoms with van der Waals surface area (Å²) in [6, 6.07) is 30.3. The maximum Gasteiger partial charge on any atom is 0.0602 e. The second-order valence-corrected chi connectivity index (χ2v) is 9.70. The highest BCUT2D eigenvalue weighted by Crippen LogP contribution is 2.35. The molecule has 3 aromatic carbocycles. The fourth-order valence-corrected chi connectivity index (χ4v) is 5.86. The minimum Gasteiger partial charge on any atom is -0.372 e. The van der Waals surface area contributed by atoms with Gasteiger partial charge in [-0.2, -0.15) is 0 Å². The SMILES string of the molecule is c1ccc(C(c2ccccc2)N2CC(N3CCc4cc(N5CCCC5)ccc4C3)C2)cc1. The average molecular weight is 424 g/mol. The van der Waals surface area contributed by atoms with Gasteiger partial charge in [-0.05, 0) is 53.6 Å². The van der Waals surface area contributed by atoms with Crippen LogP contribution in [0, 0.1) is 0 Å². The summed E-state index contributed by atoms with van der Waals surface area (Å²) in [5.74, 6) is 0. The Kier molecular flexibility index (Phi) is 5.46. The summed E-state index contributed by atoms with van der Waals surface area (Å²) in [5.41, 5.74) is 7.36. The van der Waals surface area contributed by atoms with E-state index in [1.807, 2.05) is 0 Å². The fourth-order valence-electron chi connectivity index (χ4n) is 5.86. The standard InChI is InChI=1S/C29H33N3/c1-3-9-23(10-4-1)29(24-11-5-2-6-12-24)32-21-28(22-32)31-18-15-25-19-27(14-13-26(25)20-31)30-16-7-8-17-30/h1-6,9-14,19,28-29H,7-8,15-18,20-22H2. The van der Waals surface area contributed by atoms with Gasteiger partial charge in [0.25, 0.3) is 0 Å². The van der Waals surface area contributed by atoms with Crippen LogP contribution in [0.25, 0.3) is 0 Å². The molecule has 0 saturated carbocycles. The zero-order valence-corrected chi connectivity index (χ0v) is 18.9. The molecular formula is C29H33N3. The van der Waals surface area contributed by atoms with Crippen LogP contribution < -0.4 is 4.90 Å². The molecule has 0 spiro atoms. The number of hydrogen-bond donors (Lipinski definition) is 0. The Morgan fingerprint density at radius 1 is 0.688 bits per heavy atom. The van der Waals surface area contributed by atoms with Crippen molar-refractivity contribution in [2.75, 3.05) is 37.6 Å². The van der Waals surface area contributed by atoms with Gasteiger partial charge in [0, 0.05) is 51.0 Å². The van der Waals surface area contributed by atoms with Gasteiger partial charge in [0.05, 0.1) is 6.04 Å². The number of nitrogens with zero attached hydrogens (tertiary/aromatic N) is 3. The summed E-state index contributed by atoms with van der Waals surface area (Å²) in [5, 5.41) is 0. The largest absolute Gasteiger partial charge is 0.372 e. The number of benzene rings is 3. The van der Waals surface area contributed by atoms with E-state index in [0.717, 1.165) is 19.6 Å². The zero-order valence-electron chi connectivity index (χ0n) is 18.9. The Labute approximate surface area is 192 Å². The van der Waals surface area contributed by atoms with Crippen LogP contribution in [0.15, 0.2) is 78.9 Å². The Morgan fingerprint density at radius 2 is 1.34 bits per heavy atom. The Balaban J connectivity index is 1.14. The maximum atomic E-state index is 2.72. The molecule has 0 amide bonds. The fraction of sp³-hybridized carbons (Fsp3) is 0.379. The van der Waals surface area contributed by atoms with Crippen molar-refractivity contribution in [2.24, 2.45) is 0 Å². The van der Waals surface area contributed by atoms with E-state index >= 15 is 0 Å². The van der Waals surface area contributed by atoms with Crippen LogP contribution in [0.5, 0.6) is 0 Å². The van der Waals surface area contributed by atoms with Crippen molar-refractivity contribution in [3.8, 4) is 0 Å². The average Bonchev–Trinajstić information content (AvgIpc) is 3.37. The topological polar surface area (TPSA) is 9.72 Å². The molecule has 3 nitrogen and oxygen atoms in total. The first-order chi connectivity index (χ1) is 15.8. The lowest BCUT2D eigenvalue weighted by atomic mass is 9.91. The molecule has 6 rings (SSSR count). The number of hydrogen-bond acceptors (Lipinski definition) is 3. The second kappa shape index (κ2) is 8.73. The number of likely N-dealkylation sites (tertiary alicyclic amines) is 1. The number of rotatable bonds is 5. The van der Waals surface area contributed by atoms with Crippen molar-refractivity contribution in [3.63, 3.8) is 0 Å². The van der Waals surface area contributed by atoms with Crippen LogP contribution in [0.2, 0.25) is 0 Å². The molecule has 0 aromatic heterocycles. The minimum absolute atomic E-state index is 0.355. The molecule has 0 radical (unpaired) electrons. The smallest absolute Gasteiger partial charge is 0.0602 e. The van der Waals surface area contributed by atoms with Crippen LogP contribution in [-0.2, 0) is 13.0 Å². The first-order valence-corrected chi connectivity index (χ1v) is 12.3. The lowest BCUT2D eigenvalue weighted by molar-refractivity contribution is 0.00728.